The van der Waals surface area contributed by atoms with E-state index in [0.29, 0.717) is 18.7 Å². The highest BCUT2D eigenvalue weighted by atomic mass is 127. The Bertz CT molecular complexity index is 660. The van der Waals surface area contributed by atoms with E-state index in [0.717, 1.165) is 9.32 Å². The fraction of sp³-hybridized carbons (Fsp3) is 0.316. The standard InChI is InChI=1S/C19H22INO2/c1-19(2,3)16-6-4-5-7-17(16)23-13-12-21-18(22)14-8-10-15(20)11-9-14/h4-11H,12-13H2,1-3H3,(H,21,22). The van der Waals surface area contributed by atoms with E-state index in [-0.39, 0.29) is 11.3 Å². The fourth-order valence-corrected chi connectivity index (χ4v) is 2.60. The number of ether oxygens (including phenoxy) is 1. The molecule has 0 aromatic heterocycles. The number of carbonyl (C=O) groups excluding carboxylic acids is 1. The zero-order chi connectivity index (χ0) is 16.9. The van der Waals surface area contributed by atoms with Gasteiger partial charge in [0.05, 0.1) is 6.54 Å². The quantitative estimate of drug-likeness (QED) is 0.572. The van der Waals surface area contributed by atoms with E-state index in [4.69, 9.17) is 4.74 Å². The van der Waals surface area contributed by atoms with E-state index in [1.807, 2.05) is 42.5 Å². The summed E-state index contributed by atoms with van der Waals surface area (Å²) in [6.07, 6.45) is 0. The molecule has 0 saturated heterocycles. The van der Waals surface area contributed by atoms with Gasteiger partial charge in [0.25, 0.3) is 5.91 Å². The molecular formula is C19H22INO2. The molecule has 0 unspecified atom stereocenters. The van der Waals surface area contributed by atoms with Gasteiger partial charge in [-0.3, -0.25) is 4.79 Å². The Morgan fingerprint density at radius 2 is 1.74 bits per heavy atom. The van der Waals surface area contributed by atoms with E-state index in [1.165, 1.54) is 5.56 Å². The van der Waals surface area contributed by atoms with Gasteiger partial charge in [0.15, 0.2) is 0 Å². The molecule has 0 atom stereocenters. The molecule has 1 amide bonds. The summed E-state index contributed by atoms with van der Waals surface area (Å²) in [4.78, 5) is 12.0. The van der Waals surface area contributed by atoms with Gasteiger partial charge in [-0.25, -0.2) is 0 Å². The highest BCUT2D eigenvalue weighted by molar-refractivity contribution is 14.1. The van der Waals surface area contributed by atoms with Gasteiger partial charge in [0, 0.05) is 9.13 Å². The molecule has 1 N–H and O–H groups in total. The van der Waals surface area contributed by atoms with Gasteiger partial charge < -0.3 is 10.1 Å². The Labute approximate surface area is 151 Å². The smallest absolute Gasteiger partial charge is 0.251 e. The molecule has 0 heterocycles. The minimum atomic E-state index is -0.0749. The van der Waals surface area contributed by atoms with Gasteiger partial charge in [-0.05, 0) is 63.9 Å². The van der Waals surface area contributed by atoms with Gasteiger partial charge in [-0.1, -0.05) is 39.0 Å². The van der Waals surface area contributed by atoms with Gasteiger partial charge >= 0.3 is 0 Å². The van der Waals surface area contributed by atoms with Crippen LogP contribution in [0.4, 0.5) is 0 Å². The number of nitrogens with one attached hydrogen (secondary N) is 1. The van der Waals surface area contributed by atoms with Crippen LogP contribution in [-0.2, 0) is 5.41 Å². The summed E-state index contributed by atoms with van der Waals surface area (Å²) in [5.74, 6) is 0.803. The number of amides is 1. The predicted octanol–water partition coefficient (Wildman–Crippen LogP) is 4.40. The number of rotatable bonds is 5. The van der Waals surface area contributed by atoms with Crippen LogP contribution in [0, 0.1) is 3.57 Å². The van der Waals surface area contributed by atoms with Crippen LogP contribution in [0.15, 0.2) is 48.5 Å². The van der Waals surface area contributed by atoms with Gasteiger partial charge in [0.2, 0.25) is 0 Å². The Morgan fingerprint density at radius 1 is 1.09 bits per heavy atom. The van der Waals surface area contributed by atoms with Crippen LogP contribution in [0.2, 0.25) is 0 Å². The first-order chi connectivity index (χ1) is 10.9. The molecule has 0 fully saturated rings. The summed E-state index contributed by atoms with van der Waals surface area (Å²) < 4.78 is 6.97. The van der Waals surface area contributed by atoms with Gasteiger partial charge in [-0.15, -0.1) is 0 Å². The van der Waals surface area contributed by atoms with Crippen LogP contribution < -0.4 is 10.1 Å². The molecule has 2 rings (SSSR count). The second-order valence-corrected chi connectivity index (χ2v) is 7.60. The van der Waals surface area contributed by atoms with Crippen molar-refractivity contribution in [3.63, 3.8) is 0 Å². The Hall–Kier alpha value is -1.56. The van der Waals surface area contributed by atoms with E-state index in [1.54, 1.807) is 0 Å². The third-order valence-corrected chi connectivity index (χ3v) is 4.17. The van der Waals surface area contributed by atoms with Crippen molar-refractivity contribution in [3.05, 3.63) is 63.2 Å². The lowest BCUT2D eigenvalue weighted by Crippen LogP contribution is -2.28. The highest BCUT2D eigenvalue weighted by Crippen LogP contribution is 2.30. The number of para-hydroxylation sites is 1. The lowest BCUT2D eigenvalue weighted by atomic mass is 9.86. The van der Waals surface area contributed by atoms with Crippen molar-refractivity contribution < 1.29 is 9.53 Å². The first-order valence-electron chi connectivity index (χ1n) is 7.64. The molecule has 0 radical (unpaired) electrons. The molecule has 0 aliphatic heterocycles. The molecule has 0 saturated carbocycles. The molecule has 2 aromatic rings. The summed E-state index contributed by atoms with van der Waals surface area (Å²) in [6.45, 7) is 7.40. The van der Waals surface area contributed by atoms with E-state index in [9.17, 15) is 4.79 Å². The van der Waals surface area contributed by atoms with Crippen molar-refractivity contribution in [1.82, 2.24) is 5.32 Å². The van der Waals surface area contributed by atoms with E-state index < -0.39 is 0 Å². The third kappa shape index (κ3) is 5.23. The van der Waals surface area contributed by atoms with Crippen LogP contribution in [0.1, 0.15) is 36.7 Å². The summed E-state index contributed by atoms with van der Waals surface area (Å²) in [5, 5.41) is 2.88. The first kappa shape index (κ1) is 17.8. The van der Waals surface area contributed by atoms with Crippen LogP contribution in [0.25, 0.3) is 0 Å². The second-order valence-electron chi connectivity index (χ2n) is 6.36. The van der Waals surface area contributed by atoms with E-state index in [2.05, 4.69) is 54.7 Å². The summed E-state index contributed by atoms with van der Waals surface area (Å²) in [5.41, 5.74) is 1.87. The molecule has 0 aliphatic carbocycles. The molecule has 23 heavy (non-hydrogen) atoms. The molecular weight excluding hydrogens is 401 g/mol. The normalized spacial score (nSPS) is 11.1. The lowest BCUT2D eigenvalue weighted by Gasteiger charge is -2.22. The number of halogens is 1. The van der Waals surface area contributed by atoms with Crippen molar-refractivity contribution in [3.8, 4) is 5.75 Å². The van der Waals surface area contributed by atoms with Crippen LogP contribution in [0.3, 0.4) is 0 Å². The van der Waals surface area contributed by atoms with Crippen molar-refractivity contribution >= 4 is 28.5 Å². The maximum atomic E-state index is 12.0. The maximum Gasteiger partial charge on any atom is 0.251 e. The predicted molar refractivity (Wildman–Crippen MR) is 102 cm³/mol. The average molecular weight is 423 g/mol. The van der Waals surface area contributed by atoms with Gasteiger partial charge in [0.1, 0.15) is 12.4 Å². The summed E-state index contributed by atoms with van der Waals surface area (Å²) in [6, 6.07) is 15.5. The SMILES string of the molecule is CC(C)(C)c1ccccc1OCCNC(=O)c1ccc(I)cc1. The summed E-state index contributed by atoms with van der Waals surface area (Å²) in [7, 11) is 0. The Morgan fingerprint density at radius 3 is 2.39 bits per heavy atom. The maximum absolute atomic E-state index is 12.0. The number of hydrogen-bond donors (Lipinski definition) is 1. The molecule has 2 aromatic carbocycles. The molecule has 122 valence electrons. The first-order valence-corrected chi connectivity index (χ1v) is 8.72. The van der Waals surface area contributed by atoms with E-state index >= 15 is 0 Å². The largest absolute Gasteiger partial charge is 0.491 e. The zero-order valence-electron chi connectivity index (χ0n) is 13.7. The van der Waals surface area contributed by atoms with Crippen LogP contribution >= 0.6 is 22.6 Å². The number of hydrogen-bond acceptors (Lipinski definition) is 2. The molecule has 3 nitrogen and oxygen atoms in total. The van der Waals surface area contributed by atoms with Crippen molar-refractivity contribution in [1.29, 1.82) is 0 Å². The molecule has 4 heteroatoms. The minimum absolute atomic E-state index is 0.0288. The number of carbonyl (C=O) groups is 1. The molecule has 0 spiro atoms. The van der Waals surface area contributed by atoms with Crippen molar-refractivity contribution in [2.24, 2.45) is 0 Å². The minimum Gasteiger partial charge on any atom is -0.491 e. The van der Waals surface area contributed by atoms with Crippen molar-refractivity contribution in [2.45, 2.75) is 26.2 Å². The summed E-state index contributed by atoms with van der Waals surface area (Å²) >= 11 is 2.22. The number of benzene rings is 2. The fourth-order valence-electron chi connectivity index (χ4n) is 2.24. The monoisotopic (exact) mass is 423 g/mol. The van der Waals surface area contributed by atoms with Crippen LogP contribution in [0.5, 0.6) is 5.75 Å². The third-order valence-electron chi connectivity index (χ3n) is 3.45. The van der Waals surface area contributed by atoms with Crippen molar-refractivity contribution in [2.75, 3.05) is 13.2 Å². The lowest BCUT2D eigenvalue weighted by molar-refractivity contribution is 0.0947. The second kappa shape index (κ2) is 7.81. The molecule has 0 bridgehead atoms. The van der Waals surface area contributed by atoms with Crippen LogP contribution in [-0.4, -0.2) is 19.1 Å². The highest BCUT2D eigenvalue weighted by Gasteiger charge is 2.18. The Balaban J connectivity index is 1.86. The zero-order valence-corrected chi connectivity index (χ0v) is 15.9. The Kier molecular flexibility index (Phi) is 6.04. The topological polar surface area (TPSA) is 38.3 Å². The van der Waals surface area contributed by atoms with Gasteiger partial charge in [-0.2, -0.15) is 0 Å². The molecule has 0 aliphatic rings. The average Bonchev–Trinajstić information content (AvgIpc) is 2.51.